The molecule has 200 valence electrons. The molecule has 1 atom stereocenters. The van der Waals surface area contributed by atoms with Crippen LogP contribution in [-0.4, -0.2) is 21.6 Å². The fourth-order valence-corrected chi connectivity index (χ4v) is 4.53. The van der Waals surface area contributed by atoms with Crippen molar-refractivity contribution < 1.29 is 31.5 Å². The minimum Gasteiger partial charge on any atom is -0.341 e. The number of amides is 2. The number of carbonyl (C=O) groups excluding carboxylic acids is 2. The van der Waals surface area contributed by atoms with Crippen LogP contribution in [0.4, 0.5) is 39.1 Å². The Morgan fingerprint density at radius 3 is 2.51 bits per heavy atom. The third-order valence-corrected chi connectivity index (χ3v) is 6.43. The molecule has 0 aliphatic carbocycles. The summed E-state index contributed by atoms with van der Waals surface area (Å²) in [6.07, 6.45) is -3.36. The number of halogens is 6. The molecular weight excluding hydrogens is 545 g/mol. The monoisotopic (exact) mass is 561 g/mol. The zero-order valence-corrected chi connectivity index (χ0v) is 20.6. The highest BCUT2D eigenvalue weighted by molar-refractivity contribution is 6.31. The maximum absolute atomic E-state index is 14.1. The van der Waals surface area contributed by atoms with Crippen LogP contribution in [0, 0.1) is 11.6 Å². The minimum atomic E-state index is -4.89. The number of nitrogens with one attached hydrogen (secondary N) is 3. The van der Waals surface area contributed by atoms with Gasteiger partial charge < -0.3 is 16.0 Å². The third kappa shape index (κ3) is 5.15. The SMILES string of the molecule is Cn1nccc1Nc1cc(NC(=O)c2cc(F)cc(C(F)(F)F)c2)c2c(c1)C(=O)NC2c1cc(F)ccc1Cl. The van der Waals surface area contributed by atoms with Crippen molar-refractivity contribution in [1.82, 2.24) is 15.1 Å². The molecule has 7 nitrogen and oxygen atoms in total. The standard InChI is InChI=1S/C26H17ClF5N5O2/c1-37-21(4-5-33-37)34-16-10-18-22(23(36-25(18)39)17-9-14(28)2-3-19(17)27)20(11-16)35-24(38)12-6-13(26(30,31)32)8-15(29)7-12/h2-11,23,34H,1H3,(H,35,38)(H,36,39). The van der Waals surface area contributed by atoms with Crippen molar-refractivity contribution in [1.29, 1.82) is 0 Å². The minimum absolute atomic E-state index is 0.00339. The Kier molecular flexibility index (Phi) is 6.51. The fourth-order valence-electron chi connectivity index (χ4n) is 4.30. The Bertz CT molecular complexity index is 1640. The number of aryl methyl sites for hydroxylation is 1. The van der Waals surface area contributed by atoms with Crippen LogP contribution in [-0.2, 0) is 13.2 Å². The number of anilines is 3. The quantitative estimate of drug-likeness (QED) is 0.253. The van der Waals surface area contributed by atoms with E-state index in [1.807, 2.05) is 0 Å². The molecule has 2 heterocycles. The summed E-state index contributed by atoms with van der Waals surface area (Å²) in [5.74, 6) is -2.99. The average molecular weight is 562 g/mol. The number of hydrogen-bond acceptors (Lipinski definition) is 4. The molecule has 39 heavy (non-hydrogen) atoms. The Hall–Kier alpha value is -4.45. The van der Waals surface area contributed by atoms with Gasteiger partial charge in [-0.15, -0.1) is 0 Å². The van der Waals surface area contributed by atoms with Gasteiger partial charge in [-0.1, -0.05) is 11.6 Å². The summed E-state index contributed by atoms with van der Waals surface area (Å²) in [6, 6.07) is 8.58. The molecule has 2 amide bonds. The smallest absolute Gasteiger partial charge is 0.341 e. The Morgan fingerprint density at radius 2 is 1.82 bits per heavy atom. The Balaban J connectivity index is 1.62. The lowest BCUT2D eigenvalue weighted by molar-refractivity contribution is -0.137. The van der Waals surface area contributed by atoms with Crippen molar-refractivity contribution in [2.75, 3.05) is 10.6 Å². The van der Waals surface area contributed by atoms with Gasteiger partial charge in [0, 0.05) is 51.8 Å². The summed E-state index contributed by atoms with van der Waals surface area (Å²) >= 11 is 6.29. The van der Waals surface area contributed by atoms with Crippen LogP contribution in [0.15, 0.2) is 60.8 Å². The topological polar surface area (TPSA) is 88.1 Å². The van der Waals surface area contributed by atoms with Gasteiger partial charge >= 0.3 is 6.18 Å². The Labute approximate surface area is 222 Å². The first-order chi connectivity index (χ1) is 18.4. The van der Waals surface area contributed by atoms with E-state index >= 15 is 0 Å². The van der Waals surface area contributed by atoms with Gasteiger partial charge in [-0.05, 0) is 48.5 Å². The van der Waals surface area contributed by atoms with E-state index in [9.17, 15) is 31.5 Å². The first kappa shape index (κ1) is 26.2. The number of benzene rings is 3. The zero-order valence-electron chi connectivity index (χ0n) is 19.8. The predicted molar refractivity (Wildman–Crippen MR) is 133 cm³/mol. The summed E-state index contributed by atoms with van der Waals surface area (Å²) in [5, 5.41) is 12.4. The summed E-state index contributed by atoms with van der Waals surface area (Å²) < 4.78 is 69.3. The average Bonchev–Trinajstić information content (AvgIpc) is 3.42. The number of carbonyl (C=O) groups is 2. The van der Waals surface area contributed by atoms with E-state index < -0.39 is 46.8 Å². The van der Waals surface area contributed by atoms with E-state index in [2.05, 4.69) is 21.0 Å². The van der Waals surface area contributed by atoms with Crippen LogP contribution in [0.3, 0.4) is 0 Å². The maximum atomic E-state index is 14.1. The third-order valence-electron chi connectivity index (χ3n) is 6.09. The molecule has 3 aromatic carbocycles. The summed E-state index contributed by atoms with van der Waals surface area (Å²) in [5.41, 5.74) is -1.13. The summed E-state index contributed by atoms with van der Waals surface area (Å²) in [7, 11) is 1.66. The molecule has 0 fully saturated rings. The highest BCUT2D eigenvalue weighted by atomic mass is 35.5. The molecule has 1 aliphatic heterocycles. The van der Waals surface area contributed by atoms with Gasteiger partial charge in [0.05, 0.1) is 17.8 Å². The van der Waals surface area contributed by atoms with E-state index in [-0.39, 0.29) is 33.5 Å². The lowest BCUT2D eigenvalue weighted by Gasteiger charge is -2.19. The molecule has 0 saturated carbocycles. The number of aromatic nitrogens is 2. The van der Waals surface area contributed by atoms with E-state index in [1.165, 1.54) is 29.1 Å². The number of rotatable bonds is 5. The second-order valence-corrected chi connectivity index (χ2v) is 9.11. The van der Waals surface area contributed by atoms with E-state index in [0.29, 0.717) is 23.6 Å². The van der Waals surface area contributed by atoms with Gasteiger partial charge in [0.2, 0.25) is 0 Å². The number of fused-ring (bicyclic) bond motifs is 1. The first-order valence-electron chi connectivity index (χ1n) is 11.3. The summed E-state index contributed by atoms with van der Waals surface area (Å²) in [4.78, 5) is 26.1. The molecule has 1 unspecified atom stereocenters. The van der Waals surface area contributed by atoms with Crippen LogP contribution in [0.5, 0.6) is 0 Å². The molecule has 1 aliphatic rings. The van der Waals surface area contributed by atoms with E-state index in [0.717, 1.165) is 12.1 Å². The van der Waals surface area contributed by atoms with Gasteiger partial charge in [-0.3, -0.25) is 14.3 Å². The van der Waals surface area contributed by atoms with Gasteiger partial charge in [0.15, 0.2) is 0 Å². The number of hydrogen-bond donors (Lipinski definition) is 3. The zero-order chi connectivity index (χ0) is 28.1. The van der Waals surface area contributed by atoms with Crippen molar-refractivity contribution in [3.63, 3.8) is 0 Å². The van der Waals surface area contributed by atoms with Crippen LogP contribution in [0.2, 0.25) is 5.02 Å². The molecular formula is C26H17ClF5N5O2. The molecule has 4 aromatic rings. The molecule has 0 radical (unpaired) electrons. The number of nitrogens with zero attached hydrogens (tertiary/aromatic N) is 2. The van der Waals surface area contributed by atoms with E-state index in [1.54, 1.807) is 13.1 Å². The molecule has 5 rings (SSSR count). The van der Waals surface area contributed by atoms with Gasteiger partial charge in [-0.2, -0.15) is 18.3 Å². The summed E-state index contributed by atoms with van der Waals surface area (Å²) in [6.45, 7) is 0. The maximum Gasteiger partial charge on any atom is 0.416 e. The van der Waals surface area contributed by atoms with Crippen LogP contribution < -0.4 is 16.0 Å². The lowest BCUT2D eigenvalue weighted by atomic mass is 9.95. The molecule has 3 N–H and O–H groups in total. The van der Waals surface area contributed by atoms with Crippen molar-refractivity contribution in [3.05, 3.63) is 105 Å². The van der Waals surface area contributed by atoms with Gasteiger partial charge in [0.25, 0.3) is 11.8 Å². The second kappa shape index (κ2) is 9.70. The van der Waals surface area contributed by atoms with E-state index in [4.69, 9.17) is 11.6 Å². The largest absolute Gasteiger partial charge is 0.416 e. The molecule has 13 heteroatoms. The molecule has 0 bridgehead atoms. The highest BCUT2D eigenvalue weighted by Crippen LogP contribution is 2.41. The number of alkyl halides is 3. The second-order valence-electron chi connectivity index (χ2n) is 8.70. The molecule has 0 spiro atoms. The predicted octanol–water partition coefficient (Wildman–Crippen LogP) is 6.20. The van der Waals surface area contributed by atoms with Crippen LogP contribution >= 0.6 is 11.6 Å². The fraction of sp³-hybridized carbons (Fsp3) is 0.115. The van der Waals surface area contributed by atoms with Crippen molar-refractivity contribution in [3.8, 4) is 0 Å². The highest BCUT2D eigenvalue weighted by Gasteiger charge is 2.36. The van der Waals surface area contributed by atoms with Crippen LogP contribution in [0.1, 0.15) is 43.4 Å². The first-order valence-corrected chi connectivity index (χ1v) is 11.7. The van der Waals surface area contributed by atoms with Crippen molar-refractivity contribution in [2.45, 2.75) is 12.2 Å². The van der Waals surface area contributed by atoms with Crippen LogP contribution in [0.25, 0.3) is 0 Å². The lowest BCUT2D eigenvalue weighted by Crippen LogP contribution is -2.21. The molecule has 1 aromatic heterocycles. The Morgan fingerprint density at radius 1 is 1.05 bits per heavy atom. The van der Waals surface area contributed by atoms with Crippen molar-refractivity contribution >= 4 is 40.6 Å². The van der Waals surface area contributed by atoms with Crippen molar-refractivity contribution in [2.24, 2.45) is 7.05 Å². The molecule has 0 saturated heterocycles. The van der Waals surface area contributed by atoms with Gasteiger partial charge in [0.1, 0.15) is 17.5 Å². The van der Waals surface area contributed by atoms with Gasteiger partial charge in [-0.25, -0.2) is 8.78 Å². The normalized spacial score (nSPS) is 14.6.